The Kier molecular flexibility index (Phi) is 3.20. The van der Waals surface area contributed by atoms with Crippen molar-refractivity contribution in [1.29, 1.82) is 0 Å². The third-order valence-corrected chi connectivity index (χ3v) is 4.09. The van der Waals surface area contributed by atoms with Gasteiger partial charge in [0.2, 0.25) is 5.88 Å². The zero-order valence-corrected chi connectivity index (χ0v) is 12.7. The predicted octanol–water partition coefficient (Wildman–Crippen LogP) is 4.26. The smallest absolute Gasteiger partial charge is 0.232 e. The molecule has 4 nitrogen and oxygen atoms in total. The Morgan fingerprint density at radius 2 is 2.05 bits per heavy atom. The molecule has 96 valence electrons. The average molecular weight is 336 g/mol. The Morgan fingerprint density at radius 3 is 2.84 bits per heavy atom. The lowest BCUT2D eigenvalue weighted by molar-refractivity contribution is 0.464. The molecule has 0 radical (unpaired) electrons. The highest BCUT2D eigenvalue weighted by Gasteiger charge is 2.13. The van der Waals surface area contributed by atoms with Crippen LogP contribution in [0.5, 0.6) is 11.6 Å². The van der Waals surface area contributed by atoms with Crippen molar-refractivity contribution in [2.45, 2.75) is 13.8 Å². The number of aryl methyl sites for hydroxylation is 2. The number of halogens is 1. The summed E-state index contributed by atoms with van der Waals surface area (Å²) in [6, 6.07) is 5.87. The summed E-state index contributed by atoms with van der Waals surface area (Å²) in [5.74, 6) is 1.34. The van der Waals surface area contributed by atoms with Crippen LogP contribution in [0.2, 0.25) is 0 Å². The molecule has 0 saturated heterocycles. The highest BCUT2D eigenvalue weighted by molar-refractivity contribution is 9.10. The van der Waals surface area contributed by atoms with Gasteiger partial charge in [-0.25, -0.2) is 9.97 Å². The molecule has 0 fully saturated rings. The molecule has 0 amide bonds. The monoisotopic (exact) mass is 335 g/mol. The van der Waals surface area contributed by atoms with Crippen molar-refractivity contribution < 1.29 is 4.74 Å². The lowest BCUT2D eigenvalue weighted by Crippen LogP contribution is -1.92. The van der Waals surface area contributed by atoms with Crippen LogP contribution < -0.4 is 4.74 Å². The molecule has 0 bridgehead atoms. The third-order valence-electron chi connectivity index (χ3n) is 2.75. The van der Waals surface area contributed by atoms with Gasteiger partial charge in [0.25, 0.3) is 0 Å². The van der Waals surface area contributed by atoms with Crippen molar-refractivity contribution in [3.8, 4) is 11.6 Å². The Bertz CT molecular complexity index is 757. The van der Waals surface area contributed by atoms with Crippen molar-refractivity contribution in [3.63, 3.8) is 0 Å². The zero-order valence-electron chi connectivity index (χ0n) is 10.3. The number of hydrogen-bond donors (Lipinski definition) is 0. The van der Waals surface area contributed by atoms with E-state index in [9.17, 15) is 0 Å². The van der Waals surface area contributed by atoms with E-state index in [0.29, 0.717) is 5.88 Å². The van der Waals surface area contributed by atoms with E-state index in [1.807, 2.05) is 32.0 Å². The molecular formula is C13H10BrN3OS. The van der Waals surface area contributed by atoms with Crippen molar-refractivity contribution >= 4 is 37.7 Å². The molecule has 0 N–H and O–H groups in total. The SMILES string of the molecule is Cc1cc(Br)ccc1Oc1ncnc2snc(C)c12. The number of ether oxygens (including phenoxy) is 1. The maximum Gasteiger partial charge on any atom is 0.232 e. The van der Waals surface area contributed by atoms with Crippen LogP contribution in [0.25, 0.3) is 10.2 Å². The predicted molar refractivity (Wildman–Crippen MR) is 78.9 cm³/mol. The van der Waals surface area contributed by atoms with Gasteiger partial charge >= 0.3 is 0 Å². The molecule has 1 aromatic carbocycles. The summed E-state index contributed by atoms with van der Waals surface area (Å²) in [6.07, 6.45) is 1.50. The second kappa shape index (κ2) is 4.86. The van der Waals surface area contributed by atoms with E-state index in [1.54, 1.807) is 0 Å². The Labute approximate surface area is 122 Å². The normalized spacial score (nSPS) is 10.9. The molecule has 19 heavy (non-hydrogen) atoms. The second-order valence-electron chi connectivity index (χ2n) is 4.14. The van der Waals surface area contributed by atoms with Crippen molar-refractivity contribution in [2.24, 2.45) is 0 Å². The van der Waals surface area contributed by atoms with Gasteiger partial charge in [0.05, 0.1) is 11.1 Å². The van der Waals surface area contributed by atoms with Crippen LogP contribution >= 0.6 is 27.5 Å². The van der Waals surface area contributed by atoms with Crippen LogP contribution in [0, 0.1) is 13.8 Å². The maximum absolute atomic E-state index is 5.91. The van der Waals surface area contributed by atoms with Gasteiger partial charge in [0.1, 0.15) is 12.1 Å². The first-order valence-electron chi connectivity index (χ1n) is 5.66. The molecular weight excluding hydrogens is 326 g/mol. The molecule has 0 saturated carbocycles. The number of nitrogens with zero attached hydrogens (tertiary/aromatic N) is 3. The van der Waals surface area contributed by atoms with E-state index in [2.05, 4.69) is 30.3 Å². The molecule has 2 heterocycles. The fraction of sp³-hybridized carbons (Fsp3) is 0.154. The molecule has 6 heteroatoms. The van der Waals surface area contributed by atoms with Gasteiger partial charge in [-0.15, -0.1) is 0 Å². The quantitative estimate of drug-likeness (QED) is 0.702. The van der Waals surface area contributed by atoms with E-state index in [4.69, 9.17) is 4.74 Å². The summed E-state index contributed by atoms with van der Waals surface area (Å²) in [6.45, 7) is 3.93. The van der Waals surface area contributed by atoms with Crippen molar-refractivity contribution in [1.82, 2.24) is 14.3 Å². The zero-order chi connectivity index (χ0) is 13.4. The highest BCUT2D eigenvalue weighted by Crippen LogP contribution is 2.32. The average Bonchev–Trinajstić information content (AvgIpc) is 2.76. The van der Waals surface area contributed by atoms with Gasteiger partial charge < -0.3 is 4.74 Å². The fourth-order valence-electron chi connectivity index (χ4n) is 1.80. The molecule has 0 aliphatic heterocycles. The summed E-state index contributed by atoms with van der Waals surface area (Å²) in [4.78, 5) is 9.26. The van der Waals surface area contributed by atoms with Gasteiger partial charge in [-0.1, -0.05) is 15.9 Å². The van der Waals surface area contributed by atoms with Gasteiger partial charge in [-0.05, 0) is 49.1 Å². The lowest BCUT2D eigenvalue weighted by atomic mass is 10.2. The molecule has 0 atom stereocenters. The minimum absolute atomic E-state index is 0.557. The van der Waals surface area contributed by atoms with Crippen molar-refractivity contribution in [3.05, 3.63) is 40.3 Å². The number of aromatic nitrogens is 3. The molecule has 2 aromatic heterocycles. The molecule has 3 aromatic rings. The van der Waals surface area contributed by atoms with Crippen LogP contribution in [0.15, 0.2) is 29.0 Å². The summed E-state index contributed by atoms with van der Waals surface area (Å²) in [5.41, 5.74) is 1.94. The number of hydrogen-bond acceptors (Lipinski definition) is 5. The largest absolute Gasteiger partial charge is 0.438 e. The topological polar surface area (TPSA) is 47.9 Å². The maximum atomic E-state index is 5.91. The highest BCUT2D eigenvalue weighted by atomic mass is 79.9. The number of benzene rings is 1. The summed E-state index contributed by atoms with van der Waals surface area (Å²) >= 11 is 4.79. The fourth-order valence-corrected chi connectivity index (χ4v) is 3.01. The first-order chi connectivity index (χ1) is 9.15. The first kappa shape index (κ1) is 12.5. The molecule has 0 unspecified atom stereocenters. The minimum Gasteiger partial charge on any atom is -0.438 e. The van der Waals surface area contributed by atoms with Crippen LogP contribution in [0.1, 0.15) is 11.3 Å². The van der Waals surface area contributed by atoms with Gasteiger partial charge in [-0.2, -0.15) is 4.37 Å². The van der Waals surface area contributed by atoms with Gasteiger partial charge in [0, 0.05) is 4.47 Å². The molecule has 0 aliphatic carbocycles. The van der Waals surface area contributed by atoms with E-state index in [-0.39, 0.29) is 0 Å². The van der Waals surface area contributed by atoms with E-state index < -0.39 is 0 Å². The Morgan fingerprint density at radius 1 is 1.21 bits per heavy atom. The van der Waals surface area contributed by atoms with E-state index in [1.165, 1.54) is 17.9 Å². The number of fused-ring (bicyclic) bond motifs is 1. The van der Waals surface area contributed by atoms with Crippen LogP contribution in [-0.2, 0) is 0 Å². The molecule has 0 aliphatic rings. The van der Waals surface area contributed by atoms with Crippen LogP contribution in [0.3, 0.4) is 0 Å². The summed E-state index contributed by atoms with van der Waals surface area (Å²) < 4.78 is 11.2. The third kappa shape index (κ3) is 2.33. The van der Waals surface area contributed by atoms with E-state index >= 15 is 0 Å². The van der Waals surface area contributed by atoms with E-state index in [0.717, 1.165) is 31.7 Å². The van der Waals surface area contributed by atoms with Gasteiger partial charge in [0.15, 0.2) is 4.83 Å². The lowest BCUT2D eigenvalue weighted by Gasteiger charge is -2.08. The Hall–Kier alpha value is -1.53. The first-order valence-corrected chi connectivity index (χ1v) is 7.23. The summed E-state index contributed by atoms with van der Waals surface area (Å²) in [7, 11) is 0. The Balaban J connectivity index is 2.08. The van der Waals surface area contributed by atoms with Crippen LogP contribution in [-0.4, -0.2) is 14.3 Å². The van der Waals surface area contributed by atoms with Crippen molar-refractivity contribution in [2.75, 3.05) is 0 Å². The number of rotatable bonds is 2. The summed E-state index contributed by atoms with van der Waals surface area (Å²) in [5, 5.41) is 0.884. The molecule has 0 spiro atoms. The molecule has 3 rings (SSSR count). The van der Waals surface area contributed by atoms with Crippen LogP contribution in [0.4, 0.5) is 0 Å². The standard InChI is InChI=1S/C13H10BrN3OS/c1-7-5-9(14)3-4-10(7)18-12-11-8(2)17-19-13(11)16-6-15-12/h3-6H,1-2H3. The second-order valence-corrected chi connectivity index (χ2v) is 5.81. The van der Waals surface area contributed by atoms with Gasteiger partial charge in [-0.3, -0.25) is 0 Å². The minimum atomic E-state index is 0.557.